The van der Waals surface area contributed by atoms with Gasteiger partial charge in [0.1, 0.15) is 11.0 Å². The first kappa shape index (κ1) is 17.4. The molecule has 0 unspecified atom stereocenters. The second-order valence-corrected chi connectivity index (χ2v) is 7.25. The van der Waals surface area contributed by atoms with Gasteiger partial charge in [-0.15, -0.1) is 0 Å². The van der Waals surface area contributed by atoms with E-state index >= 15 is 0 Å². The minimum absolute atomic E-state index is 0.00100. The summed E-state index contributed by atoms with van der Waals surface area (Å²) in [5, 5.41) is 0. The van der Waals surface area contributed by atoms with E-state index in [0.717, 1.165) is 6.07 Å². The predicted octanol–water partition coefficient (Wildman–Crippen LogP) is 4.53. The van der Waals surface area contributed by atoms with Gasteiger partial charge in [0.25, 0.3) is 0 Å². The van der Waals surface area contributed by atoms with E-state index < -0.39 is 33.2 Å². The van der Waals surface area contributed by atoms with E-state index in [1.165, 1.54) is 19.1 Å². The van der Waals surface area contributed by atoms with Crippen molar-refractivity contribution in [2.45, 2.75) is 38.6 Å². The Morgan fingerprint density at radius 3 is 2.29 bits per heavy atom. The molecule has 0 amide bonds. The molecule has 0 aliphatic rings. The van der Waals surface area contributed by atoms with Crippen LogP contribution in [-0.4, -0.2) is 14.7 Å². The maximum absolute atomic E-state index is 13.2. The Kier molecular flexibility index (Phi) is 4.95. The molecule has 3 nitrogen and oxygen atoms in total. The van der Waals surface area contributed by atoms with E-state index in [1.807, 2.05) is 0 Å². The Labute approximate surface area is 124 Å². The van der Waals surface area contributed by atoms with Crippen molar-refractivity contribution in [1.82, 2.24) is 0 Å². The summed E-state index contributed by atoms with van der Waals surface area (Å²) >= 11 is 0. The van der Waals surface area contributed by atoms with Gasteiger partial charge in [0.15, 0.2) is 5.69 Å². The number of alkyl halides is 3. The molecule has 21 heavy (non-hydrogen) atoms. The van der Waals surface area contributed by atoms with Crippen LogP contribution in [0.25, 0.3) is 4.85 Å². The summed E-state index contributed by atoms with van der Waals surface area (Å²) in [4.78, 5) is 2.91. The van der Waals surface area contributed by atoms with Crippen LogP contribution in [0, 0.1) is 6.57 Å². The van der Waals surface area contributed by atoms with Crippen LogP contribution in [0.5, 0.6) is 0 Å². The monoisotopic (exact) mass is 316 g/mol. The molecule has 1 atom stereocenters. The summed E-state index contributed by atoms with van der Waals surface area (Å²) in [5.74, 6) is 0. The Morgan fingerprint density at radius 2 is 1.86 bits per heavy atom. The molecule has 0 aliphatic heterocycles. The van der Waals surface area contributed by atoms with Crippen molar-refractivity contribution >= 4 is 22.4 Å². The van der Waals surface area contributed by atoms with Gasteiger partial charge in [-0.3, -0.25) is 0 Å². The van der Waals surface area contributed by atoms with Crippen LogP contribution < -0.4 is 0 Å². The molecule has 0 radical (unpaired) electrons. The number of rotatable bonds is 2. The second kappa shape index (κ2) is 5.98. The fraction of sp³-hybridized carbons (Fsp3) is 0.429. The highest BCUT2D eigenvalue weighted by Gasteiger charge is 2.36. The van der Waals surface area contributed by atoms with Gasteiger partial charge in [-0.2, -0.15) is 17.6 Å². The molecular formula is C14H15F3N2OS. The summed E-state index contributed by atoms with van der Waals surface area (Å²) in [5.41, 5.74) is -1.74. The molecule has 7 heteroatoms. The third-order valence-electron chi connectivity index (χ3n) is 2.58. The first-order valence-corrected chi connectivity index (χ1v) is 7.14. The van der Waals surface area contributed by atoms with Gasteiger partial charge in [-0.25, -0.2) is 9.05 Å². The molecule has 0 N–H and O–H groups in total. The Hall–Kier alpha value is -1.68. The lowest BCUT2D eigenvalue weighted by molar-refractivity contribution is -0.136. The van der Waals surface area contributed by atoms with Gasteiger partial charge in [-0.05, 0) is 33.3 Å². The average Bonchev–Trinajstić information content (AvgIpc) is 2.35. The minimum Gasteiger partial charge on any atom is -0.238 e. The molecule has 0 aliphatic carbocycles. The molecular weight excluding hydrogens is 301 g/mol. The summed E-state index contributed by atoms with van der Waals surface area (Å²) in [7, 11) is -1.67. The lowest BCUT2D eigenvalue weighted by Gasteiger charge is -2.17. The van der Waals surface area contributed by atoms with Gasteiger partial charge < -0.3 is 0 Å². The van der Waals surface area contributed by atoms with E-state index in [9.17, 15) is 17.4 Å². The molecule has 0 saturated carbocycles. The lowest BCUT2D eigenvalue weighted by Crippen LogP contribution is -2.21. The number of hydrogen-bond donors (Lipinski definition) is 0. The zero-order valence-corrected chi connectivity index (χ0v) is 12.9. The molecule has 1 rings (SSSR count). The number of hydrogen-bond acceptors (Lipinski definition) is 1. The van der Waals surface area contributed by atoms with Gasteiger partial charge in [0.05, 0.1) is 22.6 Å². The van der Waals surface area contributed by atoms with Crippen molar-refractivity contribution in [3.63, 3.8) is 0 Å². The maximum Gasteiger partial charge on any atom is 0.408 e. The summed E-state index contributed by atoms with van der Waals surface area (Å²) in [6, 6.07) is 3.69. The molecule has 1 aromatic carbocycles. The quantitative estimate of drug-likeness (QED) is 0.583. The van der Waals surface area contributed by atoms with Crippen molar-refractivity contribution in [2.75, 3.05) is 0 Å². The van der Waals surface area contributed by atoms with Crippen LogP contribution in [0.4, 0.5) is 18.9 Å². The van der Waals surface area contributed by atoms with Crippen LogP contribution in [0.15, 0.2) is 22.6 Å². The largest absolute Gasteiger partial charge is 0.408 e. The summed E-state index contributed by atoms with van der Waals surface area (Å²) < 4.78 is 54.6. The van der Waals surface area contributed by atoms with Crippen LogP contribution in [0.2, 0.25) is 0 Å². The van der Waals surface area contributed by atoms with Crippen LogP contribution in [0.1, 0.15) is 38.8 Å². The molecule has 0 spiro atoms. The minimum atomic E-state index is -4.67. The summed E-state index contributed by atoms with van der Waals surface area (Å²) in [6.07, 6.45) is -4.67. The molecule has 0 aromatic heterocycles. The van der Waals surface area contributed by atoms with Crippen LogP contribution in [-0.2, 0) is 17.2 Å². The zero-order valence-electron chi connectivity index (χ0n) is 12.1. The Morgan fingerprint density at radius 1 is 1.29 bits per heavy atom. The second-order valence-electron chi connectivity index (χ2n) is 5.35. The zero-order chi connectivity index (χ0) is 16.4. The lowest BCUT2D eigenvalue weighted by atomic mass is 10.0. The van der Waals surface area contributed by atoms with Gasteiger partial charge in [0, 0.05) is 0 Å². The molecule has 0 bridgehead atoms. The fourth-order valence-electron chi connectivity index (χ4n) is 1.54. The highest BCUT2D eigenvalue weighted by molar-refractivity contribution is 7.85. The van der Waals surface area contributed by atoms with Crippen LogP contribution in [0.3, 0.4) is 0 Å². The highest BCUT2D eigenvalue weighted by atomic mass is 32.2. The molecule has 1 aromatic rings. The standard InChI is InChI=1S/C14H15F3N2OS/c1-9(19-21(20)13(2,3)4)10-7-6-8-11(18-5)12(10)14(15,16)17/h6-8H,1-4H3/t21-/m1/s1. The Bertz CT molecular complexity index is 637. The predicted molar refractivity (Wildman–Crippen MR) is 77.8 cm³/mol. The Balaban J connectivity index is 3.49. The van der Waals surface area contributed by atoms with Crippen molar-refractivity contribution in [3.05, 3.63) is 40.7 Å². The number of benzene rings is 1. The smallest absolute Gasteiger partial charge is 0.238 e. The van der Waals surface area contributed by atoms with E-state index in [4.69, 9.17) is 6.57 Å². The average molecular weight is 316 g/mol. The molecule has 114 valence electrons. The van der Waals surface area contributed by atoms with E-state index in [0.29, 0.717) is 0 Å². The third-order valence-corrected chi connectivity index (χ3v) is 4.07. The van der Waals surface area contributed by atoms with E-state index in [-0.39, 0.29) is 11.3 Å². The number of nitrogens with zero attached hydrogens (tertiary/aromatic N) is 2. The summed E-state index contributed by atoms with van der Waals surface area (Å²) in [6.45, 7) is 13.3. The van der Waals surface area contributed by atoms with Crippen LogP contribution >= 0.6 is 0 Å². The van der Waals surface area contributed by atoms with Gasteiger partial charge in [-0.1, -0.05) is 18.2 Å². The van der Waals surface area contributed by atoms with Crippen molar-refractivity contribution < 1.29 is 17.4 Å². The maximum atomic E-state index is 13.2. The topological polar surface area (TPSA) is 33.8 Å². The molecule has 0 fully saturated rings. The van der Waals surface area contributed by atoms with Crippen molar-refractivity contribution in [2.24, 2.45) is 4.40 Å². The van der Waals surface area contributed by atoms with E-state index in [1.54, 1.807) is 20.8 Å². The van der Waals surface area contributed by atoms with Crippen molar-refractivity contribution in [1.29, 1.82) is 0 Å². The fourth-order valence-corrected chi connectivity index (χ4v) is 2.16. The number of halogens is 3. The van der Waals surface area contributed by atoms with E-state index in [2.05, 4.69) is 9.24 Å². The molecule has 0 heterocycles. The SMILES string of the molecule is [C-]#[N+]c1cccc(C(C)=N[S@](=O)C(C)(C)C)c1C(F)(F)F. The first-order chi connectivity index (χ1) is 9.48. The third kappa shape index (κ3) is 4.14. The normalized spacial score (nSPS) is 14.7. The highest BCUT2D eigenvalue weighted by Crippen LogP contribution is 2.39. The van der Waals surface area contributed by atoms with Gasteiger partial charge >= 0.3 is 6.18 Å². The van der Waals surface area contributed by atoms with Crippen molar-refractivity contribution in [3.8, 4) is 0 Å². The molecule has 0 saturated heterocycles. The van der Waals surface area contributed by atoms with Gasteiger partial charge in [0.2, 0.25) is 0 Å². The first-order valence-electron chi connectivity index (χ1n) is 6.04.